The summed E-state index contributed by atoms with van der Waals surface area (Å²) >= 11 is 0. The van der Waals surface area contributed by atoms with E-state index < -0.39 is 0 Å². The molecule has 25 heavy (non-hydrogen) atoms. The molecule has 0 heterocycles. The molecule has 0 radical (unpaired) electrons. The number of amides is 1. The zero-order chi connectivity index (χ0) is 18.8. The molecule has 0 spiro atoms. The van der Waals surface area contributed by atoms with Gasteiger partial charge in [0.05, 0.1) is 6.61 Å². The van der Waals surface area contributed by atoms with Gasteiger partial charge in [-0.2, -0.15) is 0 Å². The summed E-state index contributed by atoms with van der Waals surface area (Å²) in [5.41, 5.74) is 1.04. The van der Waals surface area contributed by atoms with Crippen molar-refractivity contribution in [2.45, 2.75) is 85.0 Å². The highest BCUT2D eigenvalue weighted by atomic mass is 16.5. The molecule has 0 bridgehead atoms. The van der Waals surface area contributed by atoms with Crippen LogP contribution in [0.25, 0.3) is 0 Å². The molecule has 1 N–H and O–H groups in total. The fourth-order valence-corrected chi connectivity index (χ4v) is 2.23. The van der Waals surface area contributed by atoms with Gasteiger partial charge in [0.2, 0.25) is 5.91 Å². The normalized spacial score (nSPS) is 11.7. The van der Waals surface area contributed by atoms with Crippen molar-refractivity contribution in [3.05, 3.63) is 23.8 Å². The lowest BCUT2D eigenvalue weighted by molar-refractivity contribution is -0.137. The predicted octanol–water partition coefficient (Wildman–Crippen LogP) is 5.09. The maximum atomic E-state index is 11.9. The summed E-state index contributed by atoms with van der Waals surface area (Å²) in [6.45, 7) is 7.55. The van der Waals surface area contributed by atoms with Gasteiger partial charge in [0.25, 0.3) is 0 Å². The van der Waals surface area contributed by atoms with E-state index in [0.717, 1.165) is 50.6 Å². The lowest BCUT2D eigenvalue weighted by Gasteiger charge is -2.06. The molecule has 144 valence electrons. The molecule has 0 aromatic rings. The van der Waals surface area contributed by atoms with Crippen LogP contribution < -0.4 is 5.32 Å². The van der Waals surface area contributed by atoms with E-state index in [-0.39, 0.29) is 11.9 Å². The highest BCUT2D eigenvalue weighted by Crippen LogP contribution is 2.11. The lowest BCUT2D eigenvalue weighted by Crippen LogP contribution is -2.23. The molecule has 4 nitrogen and oxygen atoms in total. The summed E-state index contributed by atoms with van der Waals surface area (Å²) < 4.78 is 5.13. The number of carbonyl (C=O) groups is 2. The molecule has 0 saturated carbocycles. The van der Waals surface area contributed by atoms with Crippen molar-refractivity contribution in [1.82, 2.24) is 5.32 Å². The van der Waals surface area contributed by atoms with Gasteiger partial charge in [0, 0.05) is 19.0 Å². The Kier molecular flexibility index (Phi) is 16.2. The van der Waals surface area contributed by atoms with Crippen LogP contribution in [0.5, 0.6) is 0 Å². The van der Waals surface area contributed by atoms with Crippen LogP contribution in [0, 0.1) is 0 Å². The van der Waals surface area contributed by atoms with Gasteiger partial charge in [-0.15, -0.1) is 0 Å². The van der Waals surface area contributed by atoms with E-state index >= 15 is 0 Å². The third-order valence-corrected chi connectivity index (χ3v) is 3.88. The fourth-order valence-electron chi connectivity index (χ4n) is 2.23. The van der Waals surface area contributed by atoms with Crippen molar-refractivity contribution < 1.29 is 14.3 Å². The molecule has 0 unspecified atom stereocenters. The van der Waals surface area contributed by atoms with E-state index in [4.69, 9.17) is 4.74 Å². The predicted molar refractivity (Wildman–Crippen MR) is 104 cm³/mol. The van der Waals surface area contributed by atoms with Crippen molar-refractivity contribution >= 4 is 11.9 Å². The largest absolute Gasteiger partial charge is 0.463 e. The van der Waals surface area contributed by atoms with E-state index in [1.165, 1.54) is 18.9 Å². The summed E-state index contributed by atoms with van der Waals surface area (Å²) in [5.74, 6) is -0.230. The number of hydrogen-bond acceptors (Lipinski definition) is 3. The van der Waals surface area contributed by atoms with Gasteiger partial charge >= 0.3 is 5.97 Å². The number of hydrogen-bond donors (Lipinski definition) is 1. The number of allylic oxidation sites excluding steroid dienone is 3. The van der Waals surface area contributed by atoms with Gasteiger partial charge in [-0.1, -0.05) is 64.2 Å². The maximum Gasteiger partial charge on any atom is 0.330 e. The molecule has 1 amide bonds. The minimum atomic E-state index is -0.305. The molecule has 0 aromatic carbocycles. The molecule has 0 aliphatic rings. The first-order valence-electron chi connectivity index (χ1n) is 9.94. The van der Waals surface area contributed by atoms with Crippen molar-refractivity contribution in [1.29, 1.82) is 0 Å². The SMILES string of the molecule is CCCCC/C=C(/C=C/C(=O)OCCCC)CCC(=O)NCCCC. The highest BCUT2D eigenvalue weighted by Gasteiger charge is 2.03. The Hall–Kier alpha value is -1.58. The zero-order valence-electron chi connectivity index (χ0n) is 16.4. The molecular weight excluding hydrogens is 314 g/mol. The van der Waals surface area contributed by atoms with Gasteiger partial charge in [0.15, 0.2) is 0 Å². The molecule has 0 fully saturated rings. The Balaban J connectivity index is 4.44. The quantitative estimate of drug-likeness (QED) is 0.193. The Morgan fingerprint density at radius 1 is 0.880 bits per heavy atom. The zero-order valence-corrected chi connectivity index (χ0v) is 16.4. The smallest absolute Gasteiger partial charge is 0.330 e. The van der Waals surface area contributed by atoms with E-state index in [1.54, 1.807) is 6.08 Å². The van der Waals surface area contributed by atoms with E-state index in [1.807, 2.05) is 0 Å². The average molecular weight is 352 g/mol. The van der Waals surface area contributed by atoms with Crippen LogP contribution >= 0.6 is 0 Å². The molecule has 0 saturated heterocycles. The first-order valence-corrected chi connectivity index (χ1v) is 9.94. The van der Waals surface area contributed by atoms with Crippen LogP contribution in [0.15, 0.2) is 23.8 Å². The molecule has 0 aromatic heterocycles. The third-order valence-electron chi connectivity index (χ3n) is 3.88. The molecule has 0 rings (SSSR count). The first kappa shape index (κ1) is 23.4. The Bertz CT molecular complexity index is 413. The number of ether oxygens (including phenoxy) is 1. The second kappa shape index (κ2) is 17.2. The number of unbranched alkanes of at least 4 members (excludes halogenated alkanes) is 5. The van der Waals surface area contributed by atoms with Crippen molar-refractivity contribution in [2.75, 3.05) is 13.2 Å². The Morgan fingerprint density at radius 2 is 1.60 bits per heavy atom. The Morgan fingerprint density at radius 3 is 2.28 bits per heavy atom. The number of rotatable bonds is 15. The van der Waals surface area contributed by atoms with Crippen molar-refractivity contribution in [3.63, 3.8) is 0 Å². The van der Waals surface area contributed by atoms with Gasteiger partial charge < -0.3 is 10.1 Å². The van der Waals surface area contributed by atoms with E-state index in [9.17, 15) is 9.59 Å². The van der Waals surface area contributed by atoms with E-state index in [2.05, 4.69) is 32.2 Å². The highest BCUT2D eigenvalue weighted by molar-refractivity contribution is 5.82. The molecule has 0 atom stereocenters. The molecule has 0 aliphatic heterocycles. The number of nitrogens with one attached hydrogen (secondary N) is 1. The summed E-state index contributed by atoms with van der Waals surface area (Å²) in [6, 6.07) is 0. The summed E-state index contributed by atoms with van der Waals surface area (Å²) in [6.07, 6.45) is 15.0. The van der Waals surface area contributed by atoms with Gasteiger partial charge in [-0.25, -0.2) is 4.79 Å². The molecule has 0 aliphatic carbocycles. The van der Waals surface area contributed by atoms with Crippen LogP contribution in [-0.4, -0.2) is 25.0 Å². The first-order chi connectivity index (χ1) is 12.1. The van der Waals surface area contributed by atoms with Gasteiger partial charge in [-0.05, 0) is 32.1 Å². The molecular formula is C21H37NO3. The maximum absolute atomic E-state index is 11.9. The van der Waals surface area contributed by atoms with Crippen LogP contribution in [0.4, 0.5) is 0 Å². The summed E-state index contributed by atoms with van der Waals surface area (Å²) in [7, 11) is 0. The number of esters is 1. The monoisotopic (exact) mass is 351 g/mol. The van der Waals surface area contributed by atoms with E-state index in [0.29, 0.717) is 19.4 Å². The fraction of sp³-hybridized carbons (Fsp3) is 0.714. The van der Waals surface area contributed by atoms with Crippen LogP contribution in [0.2, 0.25) is 0 Å². The average Bonchev–Trinajstić information content (AvgIpc) is 2.60. The van der Waals surface area contributed by atoms with Crippen LogP contribution in [-0.2, 0) is 14.3 Å². The summed E-state index contributed by atoms with van der Waals surface area (Å²) in [5, 5.41) is 2.93. The molecule has 4 heteroatoms. The van der Waals surface area contributed by atoms with Crippen molar-refractivity contribution in [2.24, 2.45) is 0 Å². The second-order valence-electron chi connectivity index (χ2n) is 6.33. The third kappa shape index (κ3) is 15.7. The van der Waals surface area contributed by atoms with Crippen LogP contribution in [0.3, 0.4) is 0 Å². The van der Waals surface area contributed by atoms with Gasteiger partial charge in [-0.3, -0.25) is 4.79 Å². The topological polar surface area (TPSA) is 55.4 Å². The second-order valence-corrected chi connectivity index (χ2v) is 6.33. The standard InChI is InChI=1S/C21H37NO3/c1-4-7-10-11-12-19(13-15-20(23)22-17-8-5-2)14-16-21(24)25-18-9-6-3/h12,14,16H,4-11,13,15,17-18H2,1-3H3,(H,22,23)/b16-14+,19-12+. The lowest BCUT2D eigenvalue weighted by atomic mass is 10.1. The summed E-state index contributed by atoms with van der Waals surface area (Å²) in [4.78, 5) is 23.6. The minimum absolute atomic E-state index is 0.0758. The Labute approximate surface area is 154 Å². The minimum Gasteiger partial charge on any atom is -0.463 e. The van der Waals surface area contributed by atoms with Crippen molar-refractivity contribution in [3.8, 4) is 0 Å². The number of carbonyl (C=O) groups excluding carboxylic acids is 2. The van der Waals surface area contributed by atoms with Gasteiger partial charge in [0.1, 0.15) is 0 Å². The van der Waals surface area contributed by atoms with Crippen LogP contribution in [0.1, 0.15) is 85.0 Å².